The molecule has 5 nitrogen and oxygen atoms in total. The first-order valence-corrected chi connectivity index (χ1v) is 8.42. The molecule has 1 saturated heterocycles. The minimum atomic E-state index is -0.566. The first kappa shape index (κ1) is 17.0. The standard InChI is InChI=1S/C18H14FN3O2S/c19-14-8-6-13(7-9-14)15(23)10-16-17(24)21-18(25-16)22-20-11-12-4-2-1-3-5-12/h1-9,11,16H,10H2,(H,21,22,24)/b20-11+. The number of rotatable bonds is 5. The number of carbonyl (C=O) groups is 2. The van der Waals surface area contributed by atoms with Crippen LogP contribution in [0.3, 0.4) is 0 Å². The smallest absolute Gasteiger partial charge is 0.240 e. The molecular weight excluding hydrogens is 341 g/mol. The fourth-order valence-electron chi connectivity index (χ4n) is 2.20. The summed E-state index contributed by atoms with van der Waals surface area (Å²) in [6, 6.07) is 14.7. The van der Waals surface area contributed by atoms with Crippen LogP contribution in [0.25, 0.3) is 0 Å². The Balaban J connectivity index is 1.60. The van der Waals surface area contributed by atoms with Gasteiger partial charge in [-0.2, -0.15) is 5.10 Å². The molecule has 1 fully saturated rings. The largest absolute Gasteiger partial charge is 0.303 e. The summed E-state index contributed by atoms with van der Waals surface area (Å²) in [4.78, 5) is 24.1. The van der Waals surface area contributed by atoms with E-state index in [9.17, 15) is 14.0 Å². The summed E-state index contributed by atoms with van der Waals surface area (Å²) < 4.78 is 12.9. The van der Waals surface area contributed by atoms with Gasteiger partial charge in [0.05, 0.1) is 11.5 Å². The zero-order chi connectivity index (χ0) is 17.6. The molecule has 0 bridgehead atoms. The summed E-state index contributed by atoms with van der Waals surface area (Å²) in [5, 5.41) is 10.3. The van der Waals surface area contributed by atoms with Gasteiger partial charge < -0.3 is 5.32 Å². The number of amidine groups is 1. The first-order chi connectivity index (χ1) is 12.1. The van der Waals surface area contributed by atoms with E-state index in [1.54, 1.807) is 6.21 Å². The molecule has 1 heterocycles. The van der Waals surface area contributed by atoms with Gasteiger partial charge in [-0.15, -0.1) is 5.10 Å². The zero-order valence-electron chi connectivity index (χ0n) is 13.1. The Bertz CT molecular complexity index is 835. The number of benzene rings is 2. The van der Waals surface area contributed by atoms with Gasteiger partial charge in [0, 0.05) is 12.0 Å². The number of thioether (sulfide) groups is 1. The van der Waals surface area contributed by atoms with Crippen LogP contribution in [0, 0.1) is 5.82 Å². The maximum Gasteiger partial charge on any atom is 0.240 e. The lowest BCUT2D eigenvalue weighted by molar-refractivity contribution is -0.118. The molecule has 2 aromatic rings. The van der Waals surface area contributed by atoms with Crippen molar-refractivity contribution < 1.29 is 14.0 Å². The van der Waals surface area contributed by atoms with Crippen molar-refractivity contribution in [2.24, 2.45) is 10.2 Å². The minimum absolute atomic E-state index is 0.0174. The van der Waals surface area contributed by atoms with Crippen LogP contribution < -0.4 is 5.32 Å². The highest BCUT2D eigenvalue weighted by Crippen LogP contribution is 2.24. The van der Waals surface area contributed by atoms with Crippen molar-refractivity contribution in [2.75, 3.05) is 0 Å². The lowest BCUT2D eigenvalue weighted by Gasteiger charge is -2.04. The lowest BCUT2D eigenvalue weighted by Crippen LogP contribution is -2.26. The second-order valence-corrected chi connectivity index (χ2v) is 6.48. The van der Waals surface area contributed by atoms with Crippen molar-refractivity contribution >= 4 is 34.8 Å². The number of hydrogen-bond donors (Lipinski definition) is 1. The van der Waals surface area contributed by atoms with E-state index in [4.69, 9.17) is 0 Å². The lowest BCUT2D eigenvalue weighted by atomic mass is 10.1. The molecule has 0 spiro atoms. The van der Waals surface area contributed by atoms with Crippen LogP contribution >= 0.6 is 11.8 Å². The Morgan fingerprint density at radius 2 is 1.88 bits per heavy atom. The summed E-state index contributed by atoms with van der Waals surface area (Å²) in [6.45, 7) is 0. The predicted octanol–water partition coefficient (Wildman–Crippen LogP) is 3.02. The van der Waals surface area contributed by atoms with Crippen molar-refractivity contribution in [3.63, 3.8) is 0 Å². The van der Waals surface area contributed by atoms with Crippen LogP contribution in [-0.4, -0.2) is 28.3 Å². The average molecular weight is 355 g/mol. The molecule has 1 amide bonds. The molecule has 1 atom stereocenters. The molecule has 25 heavy (non-hydrogen) atoms. The number of nitrogens with one attached hydrogen (secondary N) is 1. The monoisotopic (exact) mass is 355 g/mol. The van der Waals surface area contributed by atoms with Gasteiger partial charge in [-0.25, -0.2) is 4.39 Å². The molecular formula is C18H14FN3O2S. The number of amides is 1. The van der Waals surface area contributed by atoms with Crippen molar-refractivity contribution in [3.8, 4) is 0 Å². The van der Waals surface area contributed by atoms with Gasteiger partial charge >= 0.3 is 0 Å². The molecule has 1 aliphatic heterocycles. The molecule has 0 aliphatic carbocycles. The summed E-state index contributed by atoms with van der Waals surface area (Å²) >= 11 is 1.16. The van der Waals surface area contributed by atoms with Gasteiger partial charge in [-0.05, 0) is 29.8 Å². The van der Waals surface area contributed by atoms with Crippen molar-refractivity contribution in [1.29, 1.82) is 0 Å². The maximum absolute atomic E-state index is 12.9. The van der Waals surface area contributed by atoms with Gasteiger partial charge in [0.15, 0.2) is 11.0 Å². The molecule has 126 valence electrons. The molecule has 2 aromatic carbocycles. The SMILES string of the molecule is O=C(CC1S/C(=N/N=C/c2ccccc2)NC1=O)c1ccc(F)cc1. The third-order valence-electron chi connectivity index (χ3n) is 3.47. The highest BCUT2D eigenvalue weighted by atomic mass is 32.2. The predicted molar refractivity (Wildman–Crippen MR) is 96.3 cm³/mol. The Labute approximate surface area is 148 Å². The van der Waals surface area contributed by atoms with Crippen LogP contribution in [0.4, 0.5) is 4.39 Å². The van der Waals surface area contributed by atoms with Crippen LogP contribution in [0.5, 0.6) is 0 Å². The van der Waals surface area contributed by atoms with E-state index >= 15 is 0 Å². The van der Waals surface area contributed by atoms with Gasteiger partial charge in [0.1, 0.15) is 5.82 Å². The molecule has 3 rings (SSSR count). The normalized spacial score (nSPS) is 18.7. The van der Waals surface area contributed by atoms with E-state index in [0.29, 0.717) is 10.7 Å². The molecule has 7 heteroatoms. The quantitative estimate of drug-likeness (QED) is 0.509. The van der Waals surface area contributed by atoms with Crippen LogP contribution in [0.2, 0.25) is 0 Å². The van der Waals surface area contributed by atoms with Crippen LogP contribution in [-0.2, 0) is 4.79 Å². The van der Waals surface area contributed by atoms with Gasteiger partial charge in [-0.1, -0.05) is 42.1 Å². The second-order valence-electron chi connectivity index (χ2n) is 5.29. The first-order valence-electron chi connectivity index (χ1n) is 7.54. The topological polar surface area (TPSA) is 70.9 Å². The summed E-state index contributed by atoms with van der Waals surface area (Å²) in [7, 11) is 0. The second kappa shape index (κ2) is 7.85. The van der Waals surface area contributed by atoms with E-state index < -0.39 is 11.1 Å². The number of carbonyl (C=O) groups excluding carboxylic acids is 2. The molecule has 1 aliphatic rings. The third kappa shape index (κ3) is 4.60. The summed E-state index contributed by atoms with van der Waals surface area (Å²) in [5.74, 6) is -0.911. The van der Waals surface area contributed by atoms with E-state index in [1.165, 1.54) is 24.3 Å². The highest BCUT2D eigenvalue weighted by Gasteiger charge is 2.32. The summed E-state index contributed by atoms with van der Waals surface area (Å²) in [6.07, 6.45) is 1.60. The van der Waals surface area contributed by atoms with Crippen LogP contribution in [0.15, 0.2) is 64.8 Å². The van der Waals surface area contributed by atoms with Crippen molar-refractivity contribution in [3.05, 3.63) is 71.5 Å². The van der Waals surface area contributed by atoms with Crippen molar-refractivity contribution in [1.82, 2.24) is 5.32 Å². The Morgan fingerprint density at radius 3 is 2.60 bits per heavy atom. The van der Waals surface area contributed by atoms with Gasteiger partial charge in [0.2, 0.25) is 5.91 Å². The van der Waals surface area contributed by atoms with E-state index in [-0.39, 0.29) is 18.1 Å². The van der Waals surface area contributed by atoms with E-state index in [0.717, 1.165) is 17.3 Å². The fourth-order valence-corrected chi connectivity index (χ4v) is 3.12. The minimum Gasteiger partial charge on any atom is -0.303 e. The molecule has 0 saturated carbocycles. The third-order valence-corrected chi connectivity index (χ3v) is 4.54. The van der Waals surface area contributed by atoms with E-state index in [1.807, 2.05) is 30.3 Å². The highest BCUT2D eigenvalue weighted by molar-refractivity contribution is 8.15. The number of Topliss-reactive ketones (excluding diaryl/α,β-unsaturated/α-hetero) is 1. The average Bonchev–Trinajstić information content (AvgIpc) is 2.96. The van der Waals surface area contributed by atoms with Gasteiger partial charge in [0.25, 0.3) is 0 Å². The number of hydrogen-bond acceptors (Lipinski definition) is 5. The number of halogens is 1. The Hall–Kier alpha value is -2.80. The van der Waals surface area contributed by atoms with E-state index in [2.05, 4.69) is 15.5 Å². The molecule has 1 unspecified atom stereocenters. The Morgan fingerprint density at radius 1 is 1.16 bits per heavy atom. The number of ketones is 1. The van der Waals surface area contributed by atoms with Crippen LogP contribution in [0.1, 0.15) is 22.3 Å². The number of nitrogens with zero attached hydrogens (tertiary/aromatic N) is 2. The fraction of sp³-hybridized carbons (Fsp3) is 0.111. The van der Waals surface area contributed by atoms with Crippen molar-refractivity contribution in [2.45, 2.75) is 11.7 Å². The zero-order valence-corrected chi connectivity index (χ0v) is 13.9. The van der Waals surface area contributed by atoms with Gasteiger partial charge in [-0.3, -0.25) is 9.59 Å². The molecule has 0 radical (unpaired) electrons. The molecule has 0 aromatic heterocycles. The Kier molecular flexibility index (Phi) is 5.35. The molecule has 1 N–H and O–H groups in total. The summed E-state index contributed by atoms with van der Waals surface area (Å²) in [5.41, 5.74) is 1.27. The maximum atomic E-state index is 12.9.